The molecule has 0 fully saturated rings. The summed E-state index contributed by atoms with van der Waals surface area (Å²) in [6, 6.07) is 0. The van der Waals surface area contributed by atoms with Crippen LogP contribution in [0, 0.1) is 0 Å². The van der Waals surface area contributed by atoms with Crippen molar-refractivity contribution in [3.05, 3.63) is 35.9 Å². The molecular formula is C14H14N4O2S. The van der Waals surface area contributed by atoms with E-state index in [-0.39, 0.29) is 5.97 Å². The van der Waals surface area contributed by atoms with Gasteiger partial charge in [-0.15, -0.1) is 11.3 Å². The molecule has 0 N–H and O–H groups in total. The lowest BCUT2D eigenvalue weighted by atomic mass is 10.2. The zero-order valence-corrected chi connectivity index (χ0v) is 12.3. The van der Waals surface area contributed by atoms with Crippen molar-refractivity contribution in [2.75, 3.05) is 7.11 Å². The van der Waals surface area contributed by atoms with E-state index in [1.54, 1.807) is 29.9 Å². The monoisotopic (exact) mass is 302 g/mol. The van der Waals surface area contributed by atoms with Crippen molar-refractivity contribution in [3.63, 3.8) is 0 Å². The van der Waals surface area contributed by atoms with Crippen LogP contribution in [0.2, 0.25) is 0 Å². The van der Waals surface area contributed by atoms with Crippen LogP contribution in [-0.4, -0.2) is 32.4 Å². The number of aromatic nitrogens is 4. The van der Waals surface area contributed by atoms with Gasteiger partial charge in [-0.1, -0.05) is 0 Å². The number of fused-ring (bicyclic) bond motifs is 1. The SMILES string of the molecule is COC(=O)CCCc1csc2nc(-c3cnccn3)cn12. The smallest absolute Gasteiger partial charge is 0.305 e. The van der Waals surface area contributed by atoms with Gasteiger partial charge in [0.15, 0.2) is 4.96 Å². The van der Waals surface area contributed by atoms with Gasteiger partial charge in [-0.3, -0.25) is 19.2 Å². The highest BCUT2D eigenvalue weighted by molar-refractivity contribution is 7.15. The van der Waals surface area contributed by atoms with Gasteiger partial charge in [0.25, 0.3) is 0 Å². The van der Waals surface area contributed by atoms with Crippen molar-refractivity contribution in [1.29, 1.82) is 0 Å². The molecule has 0 bridgehead atoms. The quantitative estimate of drug-likeness (QED) is 0.677. The fourth-order valence-corrected chi connectivity index (χ4v) is 2.99. The van der Waals surface area contributed by atoms with E-state index in [9.17, 15) is 4.79 Å². The maximum absolute atomic E-state index is 11.1. The van der Waals surface area contributed by atoms with Crippen molar-refractivity contribution in [1.82, 2.24) is 19.4 Å². The summed E-state index contributed by atoms with van der Waals surface area (Å²) in [5.74, 6) is -0.174. The minimum Gasteiger partial charge on any atom is -0.469 e. The number of methoxy groups -OCH3 is 1. The number of imidazole rings is 1. The maximum Gasteiger partial charge on any atom is 0.305 e. The van der Waals surface area contributed by atoms with E-state index < -0.39 is 0 Å². The highest BCUT2D eigenvalue weighted by Crippen LogP contribution is 2.22. The summed E-state index contributed by atoms with van der Waals surface area (Å²) < 4.78 is 6.70. The highest BCUT2D eigenvalue weighted by atomic mass is 32.1. The zero-order valence-electron chi connectivity index (χ0n) is 11.5. The Morgan fingerprint density at radius 2 is 2.29 bits per heavy atom. The molecule has 0 saturated heterocycles. The van der Waals surface area contributed by atoms with Crippen molar-refractivity contribution in [3.8, 4) is 11.4 Å². The first-order valence-electron chi connectivity index (χ1n) is 6.56. The van der Waals surface area contributed by atoms with Crippen LogP contribution in [0.3, 0.4) is 0 Å². The summed E-state index contributed by atoms with van der Waals surface area (Å²) in [7, 11) is 1.41. The molecule has 7 heteroatoms. The molecule has 0 aliphatic heterocycles. The van der Waals surface area contributed by atoms with E-state index >= 15 is 0 Å². The topological polar surface area (TPSA) is 69.4 Å². The molecule has 108 valence electrons. The summed E-state index contributed by atoms with van der Waals surface area (Å²) in [5, 5.41) is 2.07. The number of hydrogen-bond acceptors (Lipinski definition) is 6. The number of esters is 1. The van der Waals surface area contributed by atoms with Gasteiger partial charge in [0.1, 0.15) is 11.4 Å². The maximum atomic E-state index is 11.1. The van der Waals surface area contributed by atoms with Gasteiger partial charge in [0.2, 0.25) is 0 Å². The number of carbonyl (C=O) groups excluding carboxylic acids is 1. The Morgan fingerprint density at radius 3 is 3.05 bits per heavy atom. The van der Waals surface area contributed by atoms with Gasteiger partial charge in [-0.25, -0.2) is 4.98 Å². The van der Waals surface area contributed by atoms with Crippen LogP contribution in [0.4, 0.5) is 0 Å². The lowest BCUT2D eigenvalue weighted by molar-refractivity contribution is -0.140. The van der Waals surface area contributed by atoms with E-state index in [0.717, 1.165) is 34.9 Å². The minimum atomic E-state index is -0.174. The second-order valence-corrected chi connectivity index (χ2v) is 5.36. The van der Waals surface area contributed by atoms with Gasteiger partial charge in [0, 0.05) is 36.1 Å². The second-order valence-electron chi connectivity index (χ2n) is 4.53. The number of nitrogens with zero attached hydrogens (tertiary/aromatic N) is 4. The van der Waals surface area contributed by atoms with Crippen LogP contribution in [0.25, 0.3) is 16.3 Å². The zero-order chi connectivity index (χ0) is 14.7. The van der Waals surface area contributed by atoms with E-state index in [1.165, 1.54) is 7.11 Å². The Balaban J connectivity index is 1.79. The van der Waals surface area contributed by atoms with E-state index in [2.05, 4.69) is 25.1 Å². The van der Waals surface area contributed by atoms with E-state index in [0.29, 0.717) is 6.42 Å². The number of carbonyl (C=O) groups is 1. The number of hydrogen-bond donors (Lipinski definition) is 0. The van der Waals surface area contributed by atoms with Crippen LogP contribution in [0.15, 0.2) is 30.2 Å². The van der Waals surface area contributed by atoms with Gasteiger partial charge >= 0.3 is 5.97 Å². The van der Waals surface area contributed by atoms with Crippen LogP contribution < -0.4 is 0 Å². The molecule has 3 aromatic heterocycles. The predicted molar refractivity (Wildman–Crippen MR) is 79.0 cm³/mol. The third-order valence-corrected chi connectivity index (χ3v) is 4.04. The predicted octanol–water partition coefficient (Wildman–Crippen LogP) is 2.35. The number of rotatable bonds is 5. The summed E-state index contributed by atoms with van der Waals surface area (Å²) in [6.45, 7) is 0. The van der Waals surface area contributed by atoms with Crippen molar-refractivity contribution in [2.24, 2.45) is 0 Å². The van der Waals surface area contributed by atoms with Crippen LogP contribution in [0.5, 0.6) is 0 Å². The normalized spacial score (nSPS) is 10.9. The lowest BCUT2D eigenvalue weighted by Crippen LogP contribution is -2.01. The second kappa shape index (κ2) is 6.01. The molecule has 21 heavy (non-hydrogen) atoms. The van der Waals surface area contributed by atoms with Gasteiger partial charge in [0.05, 0.1) is 13.3 Å². The first kappa shape index (κ1) is 13.7. The summed E-state index contributed by atoms with van der Waals surface area (Å²) >= 11 is 1.58. The van der Waals surface area contributed by atoms with Gasteiger partial charge in [-0.2, -0.15) is 0 Å². The Hall–Kier alpha value is -2.28. The first-order chi connectivity index (χ1) is 10.3. The molecule has 3 rings (SSSR count). The number of ether oxygens (including phenoxy) is 1. The van der Waals surface area contributed by atoms with Crippen molar-refractivity contribution in [2.45, 2.75) is 19.3 Å². The fourth-order valence-electron chi connectivity index (χ4n) is 2.08. The molecule has 0 radical (unpaired) electrons. The largest absolute Gasteiger partial charge is 0.469 e. The molecule has 6 nitrogen and oxygen atoms in total. The number of thiazole rings is 1. The Labute approximate surface area is 125 Å². The summed E-state index contributed by atoms with van der Waals surface area (Å²) in [5.41, 5.74) is 2.71. The molecule has 0 aromatic carbocycles. The minimum absolute atomic E-state index is 0.174. The summed E-state index contributed by atoms with van der Waals surface area (Å²) in [6.07, 6.45) is 8.95. The molecule has 0 aliphatic rings. The standard InChI is InChI=1S/C14H14N4O2S/c1-20-13(19)4-2-3-10-9-21-14-17-12(8-18(10)14)11-7-15-5-6-16-11/h5-9H,2-4H2,1H3. The summed E-state index contributed by atoms with van der Waals surface area (Å²) in [4.78, 5) is 24.9. The lowest BCUT2D eigenvalue weighted by Gasteiger charge is -1.99. The highest BCUT2D eigenvalue weighted by Gasteiger charge is 2.11. The molecule has 0 amide bonds. The third-order valence-electron chi connectivity index (χ3n) is 3.15. The van der Waals surface area contributed by atoms with Gasteiger partial charge in [-0.05, 0) is 12.8 Å². The van der Waals surface area contributed by atoms with Gasteiger partial charge < -0.3 is 4.74 Å². The molecule has 0 aliphatic carbocycles. The van der Waals surface area contributed by atoms with Crippen molar-refractivity contribution < 1.29 is 9.53 Å². The van der Waals surface area contributed by atoms with Crippen LogP contribution >= 0.6 is 11.3 Å². The average molecular weight is 302 g/mol. The Bertz CT molecular complexity index is 751. The molecule has 3 aromatic rings. The molecule has 0 atom stereocenters. The van der Waals surface area contributed by atoms with E-state index in [1.807, 2.05) is 10.6 Å². The Kier molecular flexibility index (Phi) is 3.92. The van der Waals surface area contributed by atoms with E-state index in [4.69, 9.17) is 0 Å². The first-order valence-corrected chi connectivity index (χ1v) is 7.44. The van der Waals surface area contributed by atoms with Crippen LogP contribution in [-0.2, 0) is 16.0 Å². The number of aryl methyl sites for hydroxylation is 1. The molecule has 0 saturated carbocycles. The third kappa shape index (κ3) is 2.92. The fraction of sp³-hybridized carbons (Fsp3) is 0.286. The van der Waals surface area contributed by atoms with Crippen molar-refractivity contribution >= 4 is 22.3 Å². The molecular weight excluding hydrogens is 288 g/mol. The Morgan fingerprint density at radius 1 is 1.38 bits per heavy atom. The molecule has 0 spiro atoms. The van der Waals surface area contributed by atoms with Crippen LogP contribution in [0.1, 0.15) is 18.5 Å². The molecule has 3 heterocycles. The molecule has 0 unspecified atom stereocenters. The average Bonchev–Trinajstić information content (AvgIpc) is 3.09.